The standard InChI is InChI=1S/C37H36N2O9/c1-43-30-21-34(47-5)32(45-3)19-25(30)14-17-29(40)23-12-15-27(16-13-23)38-37(42)28(39-36(41)24-10-8-7-9-11-24)18-26-20-33(46-4)35(48-6)22-31(26)44-2/h7-22H,1-6H3,(H,38,42)(H,39,41)/b17-14+,28-18-. The second-order valence-corrected chi connectivity index (χ2v) is 10.0. The van der Waals surface area contributed by atoms with Crippen molar-refractivity contribution < 1.29 is 42.8 Å². The summed E-state index contributed by atoms with van der Waals surface area (Å²) in [7, 11) is 9.02. The Morgan fingerprint density at radius 2 is 1.06 bits per heavy atom. The second kappa shape index (κ2) is 16.4. The fourth-order valence-corrected chi connectivity index (χ4v) is 4.62. The molecule has 0 heterocycles. The highest BCUT2D eigenvalue weighted by atomic mass is 16.5. The molecule has 0 bridgehead atoms. The zero-order valence-electron chi connectivity index (χ0n) is 27.4. The maximum absolute atomic E-state index is 13.6. The molecular formula is C37H36N2O9. The summed E-state index contributed by atoms with van der Waals surface area (Å²) in [5.41, 5.74) is 2.13. The van der Waals surface area contributed by atoms with Crippen molar-refractivity contribution in [3.63, 3.8) is 0 Å². The average Bonchev–Trinajstić information content (AvgIpc) is 3.13. The van der Waals surface area contributed by atoms with Crippen LogP contribution in [0.15, 0.2) is 90.6 Å². The fourth-order valence-electron chi connectivity index (χ4n) is 4.62. The lowest BCUT2D eigenvalue weighted by atomic mass is 10.1. The van der Waals surface area contributed by atoms with Crippen molar-refractivity contribution in [3.8, 4) is 34.5 Å². The van der Waals surface area contributed by atoms with E-state index in [-0.39, 0.29) is 11.5 Å². The number of anilines is 1. The van der Waals surface area contributed by atoms with E-state index in [1.54, 1.807) is 84.9 Å². The lowest BCUT2D eigenvalue weighted by Gasteiger charge is -2.15. The zero-order chi connectivity index (χ0) is 34.6. The molecule has 0 atom stereocenters. The summed E-state index contributed by atoms with van der Waals surface area (Å²) in [4.78, 5) is 39.7. The monoisotopic (exact) mass is 652 g/mol. The number of carbonyl (C=O) groups is 3. The Bertz CT molecular complexity index is 1830. The molecule has 11 heteroatoms. The van der Waals surface area contributed by atoms with Crippen LogP contribution in [0.1, 0.15) is 31.8 Å². The van der Waals surface area contributed by atoms with E-state index in [1.165, 1.54) is 54.8 Å². The molecule has 0 fully saturated rings. The molecular weight excluding hydrogens is 616 g/mol. The number of carbonyl (C=O) groups excluding carboxylic acids is 3. The van der Waals surface area contributed by atoms with Gasteiger partial charge in [-0.2, -0.15) is 0 Å². The molecule has 0 aliphatic heterocycles. The number of ether oxygens (including phenoxy) is 6. The third kappa shape index (κ3) is 8.32. The van der Waals surface area contributed by atoms with Gasteiger partial charge in [0.25, 0.3) is 11.8 Å². The van der Waals surface area contributed by atoms with Crippen molar-refractivity contribution in [2.45, 2.75) is 0 Å². The maximum atomic E-state index is 13.6. The number of amides is 2. The van der Waals surface area contributed by atoms with Crippen LogP contribution in [0.3, 0.4) is 0 Å². The summed E-state index contributed by atoms with van der Waals surface area (Å²) in [6.07, 6.45) is 4.50. The topological polar surface area (TPSA) is 131 Å². The second-order valence-electron chi connectivity index (χ2n) is 10.0. The summed E-state index contributed by atoms with van der Waals surface area (Å²) in [6, 6.07) is 21.5. The minimum absolute atomic E-state index is 0.0682. The highest BCUT2D eigenvalue weighted by Crippen LogP contribution is 2.36. The largest absolute Gasteiger partial charge is 0.496 e. The van der Waals surface area contributed by atoms with Crippen LogP contribution in [0.25, 0.3) is 12.2 Å². The Balaban J connectivity index is 1.58. The minimum atomic E-state index is -0.615. The third-order valence-electron chi connectivity index (χ3n) is 7.14. The van der Waals surface area contributed by atoms with Crippen LogP contribution < -0.4 is 39.1 Å². The van der Waals surface area contributed by atoms with Crippen LogP contribution in [0.4, 0.5) is 5.69 Å². The van der Waals surface area contributed by atoms with Gasteiger partial charge in [0.2, 0.25) is 0 Å². The molecule has 248 valence electrons. The number of benzene rings is 4. The van der Waals surface area contributed by atoms with E-state index in [2.05, 4.69) is 10.6 Å². The minimum Gasteiger partial charge on any atom is -0.496 e. The number of methoxy groups -OCH3 is 6. The molecule has 0 spiro atoms. The highest BCUT2D eigenvalue weighted by molar-refractivity contribution is 6.11. The molecule has 0 aromatic heterocycles. The Morgan fingerprint density at radius 3 is 1.60 bits per heavy atom. The molecule has 2 N–H and O–H groups in total. The smallest absolute Gasteiger partial charge is 0.272 e. The first-order valence-corrected chi connectivity index (χ1v) is 14.6. The van der Waals surface area contributed by atoms with E-state index in [0.29, 0.717) is 62.4 Å². The van der Waals surface area contributed by atoms with Crippen LogP contribution in [-0.2, 0) is 4.79 Å². The van der Waals surface area contributed by atoms with Gasteiger partial charge in [-0.25, -0.2) is 0 Å². The zero-order valence-corrected chi connectivity index (χ0v) is 27.4. The number of ketones is 1. The highest BCUT2D eigenvalue weighted by Gasteiger charge is 2.18. The Kier molecular flexibility index (Phi) is 11.8. The van der Waals surface area contributed by atoms with Gasteiger partial charge >= 0.3 is 0 Å². The maximum Gasteiger partial charge on any atom is 0.272 e. The van der Waals surface area contributed by atoms with Gasteiger partial charge in [0.05, 0.1) is 42.7 Å². The van der Waals surface area contributed by atoms with Gasteiger partial charge in [-0.15, -0.1) is 0 Å². The number of allylic oxidation sites excluding steroid dienone is 1. The first kappa shape index (κ1) is 34.6. The predicted molar refractivity (Wildman–Crippen MR) is 183 cm³/mol. The molecule has 2 amide bonds. The van der Waals surface area contributed by atoms with Crippen LogP contribution in [0, 0.1) is 0 Å². The normalized spacial score (nSPS) is 11.0. The molecule has 0 unspecified atom stereocenters. The Hall–Kier alpha value is -6.23. The van der Waals surface area contributed by atoms with Gasteiger partial charge in [0, 0.05) is 40.1 Å². The van der Waals surface area contributed by atoms with Gasteiger partial charge in [-0.3, -0.25) is 14.4 Å². The van der Waals surface area contributed by atoms with Crippen LogP contribution in [0.5, 0.6) is 34.5 Å². The van der Waals surface area contributed by atoms with Gasteiger partial charge in [0.15, 0.2) is 28.8 Å². The van der Waals surface area contributed by atoms with Crippen LogP contribution in [-0.4, -0.2) is 60.3 Å². The summed E-state index contributed by atoms with van der Waals surface area (Å²) in [5.74, 6) is 1.32. The fraction of sp³-hybridized carbons (Fsp3) is 0.162. The molecule has 0 aliphatic rings. The first-order chi connectivity index (χ1) is 23.2. The van der Waals surface area contributed by atoms with Crippen LogP contribution >= 0.6 is 0 Å². The lowest BCUT2D eigenvalue weighted by molar-refractivity contribution is -0.113. The van der Waals surface area contributed by atoms with Crippen molar-refractivity contribution >= 4 is 35.4 Å². The number of hydrogen-bond acceptors (Lipinski definition) is 9. The predicted octanol–water partition coefficient (Wildman–Crippen LogP) is 6.04. The Morgan fingerprint density at radius 1 is 0.562 bits per heavy atom. The van der Waals surface area contributed by atoms with Gasteiger partial charge < -0.3 is 39.1 Å². The van der Waals surface area contributed by atoms with Crippen molar-refractivity contribution in [3.05, 3.63) is 113 Å². The van der Waals surface area contributed by atoms with E-state index in [0.717, 1.165) is 0 Å². The number of nitrogens with one attached hydrogen (secondary N) is 2. The summed E-state index contributed by atoms with van der Waals surface area (Å²) in [6.45, 7) is 0. The van der Waals surface area contributed by atoms with E-state index in [9.17, 15) is 14.4 Å². The van der Waals surface area contributed by atoms with E-state index in [1.807, 2.05) is 0 Å². The van der Waals surface area contributed by atoms with Crippen LogP contribution in [0.2, 0.25) is 0 Å². The van der Waals surface area contributed by atoms with Gasteiger partial charge in [-0.1, -0.05) is 18.2 Å². The molecule has 4 aromatic carbocycles. The average molecular weight is 653 g/mol. The van der Waals surface area contributed by atoms with E-state index in [4.69, 9.17) is 28.4 Å². The third-order valence-corrected chi connectivity index (χ3v) is 7.14. The SMILES string of the molecule is COc1cc(OC)c(OC)cc1/C=C(\NC(=O)c1ccccc1)C(=O)Nc1ccc(C(=O)/C=C/c2cc(OC)c(OC)cc2OC)cc1. The summed E-state index contributed by atoms with van der Waals surface area (Å²) in [5, 5.41) is 5.48. The van der Waals surface area contributed by atoms with E-state index < -0.39 is 11.8 Å². The van der Waals surface area contributed by atoms with Crippen molar-refractivity contribution in [1.29, 1.82) is 0 Å². The van der Waals surface area contributed by atoms with Gasteiger partial charge in [-0.05, 0) is 66.8 Å². The molecule has 4 aromatic rings. The molecule has 48 heavy (non-hydrogen) atoms. The molecule has 11 nitrogen and oxygen atoms in total. The number of rotatable bonds is 14. The van der Waals surface area contributed by atoms with E-state index >= 15 is 0 Å². The molecule has 0 aliphatic carbocycles. The first-order valence-electron chi connectivity index (χ1n) is 14.6. The molecule has 0 saturated heterocycles. The molecule has 0 saturated carbocycles. The number of hydrogen-bond donors (Lipinski definition) is 2. The quantitative estimate of drug-likeness (QED) is 0.124. The van der Waals surface area contributed by atoms with Crippen molar-refractivity contribution in [2.24, 2.45) is 0 Å². The van der Waals surface area contributed by atoms with Crippen molar-refractivity contribution in [2.75, 3.05) is 48.0 Å². The van der Waals surface area contributed by atoms with Gasteiger partial charge in [0.1, 0.15) is 17.2 Å². The summed E-state index contributed by atoms with van der Waals surface area (Å²) < 4.78 is 32.4. The lowest BCUT2D eigenvalue weighted by Crippen LogP contribution is -2.30. The Labute approximate surface area is 278 Å². The summed E-state index contributed by atoms with van der Waals surface area (Å²) >= 11 is 0. The molecule has 0 radical (unpaired) electrons. The van der Waals surface area contributed by atoms with Crippen molar-refractivity contribution in [1.82, 2.24) is 5.32 Å². The molecule has 4 rings (SSSR count).